The number of ether oxygens (including phenoxy) is 2. The number of methoxy groups -OCH3 is 1. The zero-order valence-corrected chi connectivity index (χ0v) is 14.7. The predicted octanol–water partition coefficient (Wildman–Crippen LogP) is 3.04. The molecule has 0 aliphatic carbocycles. The first-order valence-corrected chi connectivity index (χ1v) is 8.03. The van der Waals surface area contributed by atoms with E-state index in [4.69, 9.17) is 15.2 Å². The van der Waals surface area contributed by atoms with Gasteiger partial charge in [-0.15, -0.1) is 0 Å². The molecule has 3 N–H and O–H groups in total. The molecule has 2 rings (SSSR count). The highest BCUT2D eigenvalue weighted by atomic mass is 16.5. The van der Waals surface area contributed by atoms with Gasteiger partial charge in [0.25, 0.3) is 0 Å². The Morgan fingerprint density at radius 2 is 1.84 bits per heavy atom. The summed E-state index contributed by atoms with van der Waals surface area (Å²) < 4.78 is 11.1. The molecule has 0 spiro atoms. The molecule has 0 aromatic heterocycles. The van der Waals surface area contributed by atoms with Crippen molar-refractivity contribution in [1.82, 2.24) is 5.32 Å². The van der Waals surface area contributed by atoms with Crippen LogP contribution < -0.4 is 20.5 Å². The van der Waals surface area contributed by atoms with Crippen LogP contribution in [0.15, 0.2) is 54.6 Å². The lowest BCUT2D eigenvalue weighted by Crippen LogP contribution is -2.15. The number of nitrogens with one attached hydrogen (secondary N) is 1. The Bertz CT molecular complexity index is 756. The van der Waals surface area contributed by atoms with Crippen molar-refractivity contribution in [1.29, 1.82) is 0 Å². The molecule has 2 aromatic rings. The summed E-state index contributed by atoms with van der Waals surface area (Å²) >= 11 is 0. The van der Waals surface area contributed by atoms with Crippen molar-refractivity contribution in [2.75, 3.05) is 13.7 Å². The van der Waals surface area contributed by atoms with Crippen LogP contribution in [0.2, 0.25) is 0 Å². The standard InChI is InChI=1S/C20H24N2O3/c1-14(2)13-25-19-10-16(7-8-18(19)24-3)12-22-11-15-5-4-6-17(9-15)20(21)23/h4-10,22H,1,11-13H2,2-3H3,(H2,21,23). The molecule has 0 radical (unpaired) electrons. The van der Waals surface area contributed by atoms with Crippen LogP contribution in [0.5, 0.6) is 11.5 Å². The first-order chi connectivity index (χ1) is 12.0. The highest BCUT2D eigenvalue weighted by Gasteiger charge is 2.06. The van der Waals surface area contributed by atoms with E-state index in [2.05, 4.69) is 11.9 Å². The van der Waals surface area contributed by atoms with Crippen LogP contribution in [0.25, 0.3) is 0 Å². The summed E-state index contributed by atoms with van der Waals surface area (Å²) in [5, 5.41) is 3.35. The molecule has 132 valence electrons. The van der Waals surface area contributed by atoms with Gasteiger partial charge in [-0.05, 0) is 47.9 Å². The fourth-order valence-corrected chi connectivity index (χ4v) is 2.33. The Morgan fingerprint density at radius 3 is 2.48 bits per heavy atom. The van der Waals surface area contributed by atoms with Gasteiger partial charge in [-0.3, -0.25) is 4.79 Å². The van der Waals surface area contributed by atoms with Crippen LogP contribution in [0, 0.1) is 0 Å². The van der Waals surface area contributed by atoms with E-state index >= 15 is 0 Å². The second kappa shape index (κ2) is 8.89. The largest absolute Gasteiger partial charge is 0.493 e. The summed E-state index contributed by atoms with van der Waals surface area (Å²) in [5.74, 6) is 0.969. The van der Waals surface area contributed by atoms with E-state index in [9.17, 15) is 4.79 Å². The molecule has 0 aliphatic rings. The number of nitrogens with two attached hydrogens (primary N) is 1. The molecule has 0 bridgehead atoms. The fraction of sp³-hybridized carbons (Fsp3) is 0.250. The molecule has 5 nitrogen and oxygen atoms in total. The first kappa shape index (κ1) is 18.5. The molecular weight excluding hydrogens is 316 g/mol. The average molecular weight is 340 g/mol. The molecule has 0 fully saturated rings. The topological polar surface area (TPSA) is 73.6 Å². The van der Waals surface area contributed by atoms with Crippen LogP contribution in [-0.2, 0) is 13.1 Å². The number of hydrogen-bond donors (Lipinski definition) is 2. The number of amides is 1. The minimum absolute atomic E-state index is 0.420. The molecule has 5 heteroatoms. The number of rotatable bonds is 9. The fourth-order valence-electron chi connectivity index (χ4n) is 2.33. The summed E-state index contributed by atoms with van der Waals surface area (Å²) in [6.07, 6.45) is 0. The predicted molar refractivity (Wildman–Crippen MR) is 98.8 cm³/mol. The second-order valence-corrected chi connectivity index (χ2v) is 5.90. The molecule has 0 unspecified atom stereocenters. The van der Waals surface area contributed by atoms with Gasteiger partial charge in [0.15, 0.2) is 11.5 Å². The molecule has 0 saturated carbocycles. The smallest absolute Gasteiger partial charge is 0.248 e. The number of benzene rings is 2. The van der Waals surface area contributed by atoms with Gasteiger partial charge < -0.3 is 20.5 Å². The molecule has 0 atom stereocenters. The summed E-state index contributed by atoms with van der Waals surface area (Å²) in [5.41, 5.74) is 8.84. The van der Waals surface area contributed by atoms with E-state index in [1.165, 1.54) is 0 Å². The van der Waals surface area contributed by atoms with Gasteiger partial charge in [0.2, 0.25) is 5.91 Å². The van der Waals surface area contributed by atoms with Crippen LogP contribution in [0.3, 0.4) is 0 Å². The van der Waals surface area contributed by atoms with Crippen molar-refractivity contribution in [3.8, 4) is 11.5 Å². The summed E-state index contributed by atoms with van der Waals surface area (Å²) in [4.78, 5) is 11.2. The third-order valence-electron chi connectivity index (χ3n) is 3.57. The van der Waals surface area contributed by atoms with E-state index < -0.39 is 5.91 Å². The Labute approximate surface area is 148 Å². The molecule has 2 aromatic carbocycles. The van der Waals surface area contributed by atoms with Crippen LogP contribution in [-0.4, -0.2) is 19.6 Å². The van der Waals surface area contributed by atoms with Gasteiger partial charge in [-0.25, -0.2) is 0 Å². The molecular formula is C20H24N2O3. The third kappa shape index (κ3) is 5.65. The molecule has 0 aliphatic heterocycles. The van der Waals surface area contributed by atoms with E-state index in [0.29, 0.717) is 36.8 Å². The van der Waals surface area contributed by atoms with E-state index in [-0.39, 0.29) is 0 Å². The Hall–Kier alpha value is -2.79. The molecule has 25 heavy (non-hydrogen) atoms. The number of carbonyl (C=O) groups excluding carboxylic acids is 1. The van der Waals surface area contributed by atoms with Crippen molar-refractivity contribution in [2.24, 2.45) is 5.73 Å². The van der Waals surface area contributed by atoms with Gasteiger partial charge in [0, 0.05) is 18.7 Å². The maximum absolute atomic E-state index is 11.2. The average Bonchev–Trinajstić information content (AvgIpc) is 2.60. The van der Waals surface area contributed by atoms with Crippen molar-refractivity contribution in [2.45, 2.75) is 20.0 Å². The summed E-state index contributed by atoms with van der Waals surface area (Å²) in [6, 6.07) is 13.1. The summed E-state index contributed by atoms with van der Waals surface area (Å²) in [7, 11) is 1.62. The Balaban J connectivity index is 1.98. The van der Waals surface area contributed by atoms with Crippen molar-refractivity contribution in [3.63, 3.8) is 0 Å². The monoisotopic (exact) mass is 340 g/mol. The third-order valence-corrected chi connectivity index (χ3v) is 3.57. The van der Waals surface area contributed by atoms with Crippen LogP contribution in [0.4, 0.5) is 0 Å². The van der Waals surface area contributed by atoms with Crippen LogP contribution >= 0.6 is 0 Å². The lowest BCUT2D eigenvalue weighted by atomic mass is 10.1. The zero-order chi connectivity index (χ0) is 18.2. The van der Waals surface area contributed by atoms with E-state index in [1.807, 2.05) is 37.3 Å². The lowest BCUT2D eigenvalue weighted by Gasteiger charge is -2.13. The second-order valence-electron chi connectivity index (χ2n) is 5.90. The Morgan fingerprint density at radius 1 is 1.12 bits per heavy atom. The quantitative estimate of drug-likeness (QED) is 0.688. The zero-order valence-electron chi connectivity index (χ0n) is 14.7. The van der Waals surface area contributed by atoms with Gasteiger partial charge in [-0.1, -0.05) is 24.8 Å². The molecule has 1 amide bonds. The van der Waals surface area contributed by atoms with Gasteiger partial charge >= 0.3 is 0 Å². The number of primary amides is 1. The number of hydrogen-bond acceptors (Lipinski definition) is 4. The number of carbonyl (C=O) groups is 1. The highest BCUT2D eigenvalue weighted by molar-refractivity contribution is 5.92. The van der Waals surface area contributed by atoms with Gasteiger partial charge in [0.1, 0.15) is 6.61 Å². The van der Waals surface area contributed by atoms with Crippen molar-refractivity contribution >= 4 is 5.91 Å². The van der Waals surface area contributed by atoms with E-state index in [1.54, 1.807) is 19.2 Å². The lowest BCUT2D eigenvalue weighted by molar-refractivity contribution is 0.1000. The Kier molecular flexibility index (Phi) is 6.60. The summed E-state index contributed by atoms with van der Waals surface area (Å²) in [6.45, 7) is 7.50. The molecule has 0 heterocycles. The highest BCUT2D eigenvalue weighted by Crippen LogP contribution is 2.28. The minimum Gasteiger partial charge on any atom is -0.493 e. The maximum Gasteiger partial charge on any atom is 0.248 e. The minimum atomic E-state index is -0.420. The maximum atomic E-state index is 11.2. The van der Waals surface area contributed by atoms with Crippen LogP contribution in [0.1, 0.15) is 28.4 Å². The normalized spacial score (nSPS) is 10.3. The van der Waals surface area contributed by atoms with Gasteiger partial charge in [-0.2, -0.15) is 0 Å². The SMILES string of the molecule is C=C(C)COc1cc(CNCc2cccc(C(N)=O)c2)ccc1OC. The molecule has 0 saturated heterocycles. The first-order valence-electron chi connectivity index (χ1n) is 8.03. The van der Waals surface area contributed by atoms with E-state index in [0.717, 1.165) is 16.7 Å². The van der Waals surface area contributed by atoms with Crippen molar-refractivity contribution in [3.05, 3.63) is 71.3 Å². The van der Waals surface area contributed by atoms with Crippen molar-refractivity contribution < 1.29 is 14.3 Å². The van der Waals surface area contributed by atoms with Gasteiger partial charge in [0.05, 0.1) is 7.11 Å².